The highest BCUT2D eigenvalue weighted by molar-refractivity contribution is 9.10. The normalized spacial score (nSPS) is 10.6. The molecule has 1 aromatic heterocycles. The van der Waals surface area contributed by atoms with Gasteiger partial charge in [-0.2, -0.15) is 5.10 Å². The summed E-state index contributed by atoms with van der Waals surface area (Å²) >= 11 is 9.06. The van der Waals surface area contributed by atoms with Gasteiger partial charge in [0.1, 0.15) is 12.4 Å². The SMILES string of the molecule is O=C(Cn1nc(-c2cccc(Br)c2)ccc1=O)Nc1ccc(Cl)cc1F. The number of carbonyl (C=O) groups excluding carboxylic acids is 1. The van der Waals surface area contributed by atoms with Gasteiger partial charge in [0.15, 0.2) is 0 Å². The van der Waals surface area contributed by atoms with Crippen LogP contribution in [0.25, 0.3) is 11.3 Å². The number of nitrogens with one attached hydrogen (secondary N) is 1. The highest BCUT2D eigenvalue weighted by Gasteiger charge is 2.11. The fourth-order valence-electron chi connectivity index (χ4n) is 2.28. The molecule has 1 N–H and O–H groups in total. The van der Waals surface area contributed by atoms with Crippen molar-refractivity contribution in [1.82, 2.24) is 9.78 Å². The highest BCUT2D eigenvalue weighted by atomic mass is 79.9. The van der Waals surface area contributed by atoms with Crippen LogP contribution in [0.5, 0.6) is 0 Å². The van der Waals surface area contributed by atoms with Gasteiger partial charge in [-0.25, -0.2) is 9.07 Å². The van der Waals surface area contributed by atoms with E-state index in [0.29, 0.717) is 5.69 Å². The smallest absolute Gasteiger partial charge is 0.267 e. The molecule has 5 nitrogen and oxygen atoms in total. The molecule has 0 fully saturated rings. The van der Waals surface area contributed by atoms with Gasteiger partial charge in [0.05, 0.1) is 11.4 Å². The van der Waals surface area contributed by atoms with Crippen LogP contribution >= 0.6 is 27.5 Å². The average Bonchev–Trinajstić information content (AvgIpc) is 2.59. The van der Waals surface area contributed by atoms with Crippen molar-refractivity contribution in [3.05, 3.63) is 80.3 Å². The lowest BCUT2D eigenvalue weighted by Crippen LogP contribution is -2.29. The van der Waals surface area contributed by atoms with E-state index in [4.69, 9.17) is 11.6 Å². The third-order valence-electron chi connectivity index (χ3n) is 3.49. The number of amides is 1. The molecule has 0 spiro atoms. The molecule has 0 saturated carbocycles. The Morgan fingerprint density at radius 1 is 1.19 bits per heavy atom. The minimum absolute atomic E-state index is 0.0180. The Bertz CT molecular complexity index is 1040. The van der Waals surface area contributed by atoms with Gasteiger partial charge in [0.25, 0.3) is 5.56 Å². The number of benzene rings is 2. The van der Waals surface area contributed by atoms with Crippen LogP contribution in [0.3, 0.4) is 0 Å². The van der Waals surface area contributed by atoms with Crippen molar-refractivity contribution < 1.29 is 9.18 Å². The summed E-state index contributed by atoms with van der Waals surface area (Å²) in [5.74, 6) is -1.23. The molecule has 132 valence electrons. The first kappa shape index (κ1) is 18.3. The first-order valence-electron chi connectivity index (χ1n) is 7.51. The molecule has 8 heteroatoms. The predicted molar refractivity (Wildman–Crippen MR) is 102 cm³/mol. The Kier molecular flexibility index (Phi) is 5.49. The summed E-state index contributed by atoms with van der Waals surface area (Å²) in [4.78, 5) is 24.1. The molecule has 3 rings (SSSR count). The van der Waals surface area contributed by atoms with E-state index in [1.54, 1.807) is 6.07 Å². The molecule has 26 heavy (non-hydrogen) atoms. The van der Waals surface area contributed by atoms with Gasteiger partial charge in [-0.15, -0.1) is 0 Å². The van der Waals surface area contributed by atoms with Gasteiger partial charge in [0.2, 0.25) is 5.91 Å². The molecule has 0 atom stereocenters. The summed E-state index contributed by atoms with van der Waals surface area (Å²) in [6.07, 6.45) is 0. The standard InChI is InChI=1S/C18H12BrClFN3O2/c19-12-3-1-2-11(8-12)15-6-7-18(26)24(23-15)10-17(25)22-16-5-4-13(20)9-14(16)21/h1-9H,10H2,(H,22,25). The zero-order valence-electron chi connectivity index (χ0n) is 13.2. The van der Waals surface area contributed by atoms with Crippen LogP contribution in [0.4, 0.5) is 10.1 Å². The van der Waals surface area contributed by atoms with E-state index < -0.39 is 17.3 Å². The second kappa shape index (κ2) is 7.80. The molecule has 0 bridgehead atoms. The van der Waals surface area contributed by atoms with Crippen LogP contribution in [-0.2, 0) is 11.3 Å². The minimum atomic E-state index is -0.658. The molecule has 0 aliphatic carbocycles. The van der Waals surface area contributed by atoms with E-state index in [9.17, 15) is 14.0 Å². The van der Waals surface area contributed by atoms with E-state index in [1.807, 2.05) is 24.3 Å². The molecule has 1 amide bonds. The van der Waals surface area contributed by atoms with Gasteiger partial charge in [-0.05, 0) is 36.4 Å². The summed E-state index contributed by atoms with van der Waals surface area (Å²) in [6, 6.07) is 14.2. The quantitative estimate of drug-likeness (QED) is 0.670. The van der Waals surface area contributed by atoms with E-state index in [1.165, 1.54) is 18.2 Å². The lowest BCUT2D eigenvalue weighted by molar-refractivity contribution is -0.117. The van der Waals surface area contributed by atoms with Gasteiger partial charge in [-0.1, -0.05) is 39.7 Å². The van der Waals surface area contributed by atoms with Crippen molar-refractivity contribution in [2.45, 2.75) is 6.54 Å². The van der Waals surface area contributed by atoms with Crippen molar-refractivity contribution in [3.63, 3.8) is 0 Å². The Balaban J connectivity index is 1.82. The summed E-state index contributed by atoms with van der Waals surface area (Å²) in [7, 11) is 0. The Hall–Kier alpha value is -2.51. The Labute approximate surface area is 161 Å². The number of anilines is 1. The summed E-state index contributed by atoms with van der Waals surface area (Å²) in [5, 5.41) is 6.83. The van der Waals surface area contributed by atoms with Gasteiger partial charge in [-0.3, -0.25) is 9.59 Å². The van der Waals surface area contributed by atoms with Gasteiger partial charge < -0.3 is 5.32 Å². The molecular weight excluding hydrogens is 425 g/mol. The molecule has 0 saturated heterocycles. The van der Waals surface area contributed by atoms with Crippen molar-refractivity contribution in [2.75, 3.05) is 5.32 Å². The molecule has 0 unspecified atom stereocenters. The number of halogens is 3. The van der Waals surface area contributed by atoms with Crippen LogP contribution in [0.1, 0.15) is 0 Å². The fourth-order valence-corrected chi connectivity index (χ4v) is 2.84. The van der Waals surface area contributed by atoms with Crippen LogP contribution in [0, 0.1) is 5.82 Å². The average molecular weight is 437 g/mol. The van der Waals surface area contributed by atoms with E-state index in [-0.39, 0.29) is 17.3 Å². The zero-order chi connectivity index (χ0) is 18.7. The third-order valence-corrected chi connectivity index (χ3v) is 4.21. The molecule has 0 aliphatic heterocycles. The number of nitrogens with zero attached hydrogens (tertiary/aromatic N) is 2. The van der Waals surface area contributed by atoms with Crippen molar-refractivity contribution >= 4 is 39.1 Å². The second-order valence-corrected chi connectivity index (χ2v) is 6.75. The zero-order valence-corrected chi connectivity index (χ0v) is 15.6. The number of aromatic nitrogens is 2. The number of hydrogen-bond donors (Lipinski definition) is 1. The van der Waals surface area contributed by atoms with Gasteiger partial charge >= 0.3 is 0 Å². The number of carbonyl (C=O) groups is 1. The summed E-state index contributed by atoms with van der Waals surface area (Å²) in [5.41, 5.74) is 0.875. The topological polar surface area (TPSA) is 64.0 Å². The minimum Gasteiger partial charge on any atom is -0.322 e. The third kappa shape index (κ3) is 4.36. The highest BCUT2D eigenvalue weighted by Crippen LogP contribution is 2.20. The number of rotatable bonds is 4. The van der Waals surface area contributed by atoms with Crippen molar-refractivity contribution in [2.24, 2.45) is 0 Å². The largest absolute Gasteiger partial charge is 0.322 e. The molecule has 2 aromatic carbocycles. The van der Waals surface area contributed by atoms with Crippen LogP contribution in [0.2, 0.25) is 5.02 Å². The van der Waals surface area contributed by atoms with Crippen LogP contribution in [0.15, 0.2) is 63.9 Å². The monoisotopic (exact) mass is 435 g/mol. The maximum atomic E-state index is 13.8. The molecule has 0 aliphatic rings. The fraction of sp³-hybridized carbons (Fsp3) is 0.0556. The van der Waals surface area contributed by atoms with Crippen molar-refractivity contribution in [1.29, 1.82) is 0 Å². The predicted octanol–water partition coefficient (Wildman–Crippen LogP) is 4.10. The van der Waals surface area contributed by atoms with Gasteiger partial charge in [0, 0.05) is 21.1 Å². The first-order chi connectivity index (χ1) is 12.4. The summed E-state index contributed by atoms with van der Waals surface area (Å²) in [6.45, 7) is -0.345. The lowest BCUT2D eigenvalue weighted by Gasteiger charge is -2.09. The van der Waals surface area contributed by atoms with E-state index in [2.05, 4.69) is 26.3 Å². The first-order valence-corrected chi connectivity index (χ1v) is 8.68. The molecule has 1 heterocycles. The summed E-state index contributed by atoms with van der Waals surface area (Å²) < 4.78 is 15.7. The second-order valence-electron chi connectivity index (χ2n) is 5.40. The van der Waals surface area contributed by atoms with E-state index >= 15 is 0 Å². The van der Waals surface area contributed by atoms with Crippen LogP contribution < -0.4 is 10.9 Å². The molecule has 3 aromatic rings. The Morgan fingerprint density at radius 2 is 2.00 bits per heavy atom. The van der Waals surface area contributed by atoms with Crippen molar-refractivity contribution in [3.8, 4) is 11.3 Å². The van der Waals surface area contributed by atoms with E-state index in [0.717, 1.165) is 20.8 Å². The lowest BCUT2D eigenvalue weighted by atomic mass is 10.1. The maximum absolute atomic E-state index is 13.8. The molecular formula is C18H12BrClFN3O2. The number of hydrogen-bond acceptors (Lipinski definition) is 3. The maximum Gasteiger partial charge on any atom is 0.267 e. The van der Waals surface area contributed by atoms with Crippen LogP contribution in [-0.4, -0.2) is 15.7 Å². The Morgan fingerprint density at radius 3 is 2.73 bits per heavy atom. The molecule has 0 radical (unpaired) electrons.